The van der Waals surface area contributed by atoms with Crippen LogP contribution in [0.2, 0.25) is 5.02 Å². The molecule has 0 aliphatic carbocycles. The van der Waals surface area contributed by atoms with Crippen LogP contribution in [0.25, 0.3) is 21.8 Å². The Kier molecular flexibility index (Phi) is 3.82. The maximum Gasteiger partial charge on any atom is 0.265 e. The first-order valence-electron chi connectivity index (χ1n) is 7.57. The summed E-state index contributed by atoms with van der Waals surface area (Å²) in [6, 6.07) is 8.16. The van der Waals surface area contributed by atoms with Crippen molar-refractivity contribution < 1.29 is 12.8 Å². The average molecular weight is 391 g/mol. The number of anilines is 1. The molecule has 6 nitrogen and oxygen atoms in total. The molecule has 0 saturated carbocycles. The second-order valence-corrected chi connectivity index (χ2v) is 7.77. The second kappa shape index (κ2) is 5.93. The van der Waals surface area contributed by atoms with Gasteiger partial charge in [0.1, 0.15) is 4.90 Å². The van der Waals surface area contributed by atoms with E-state index in [9.17, 15) is 12.8 Å². The number of nitrogens with zero attached hydrogens (tertiary/aromatic N) is 2. The molecule has 0 saturated heterocycles. The van der Waals surface area contributed by atoms with E-state index in [0.29, 0.717) is 22.1 Å². The zero-order valence-electron chi connectivity index (χ0n) is 13.4. The zero-order chi connectivity index (χ0) is 18.5. The number of hydrogen-bond donors (Lipinski definition) is 2. The highest BCUT2D eigenvalue weighted by molar-refractivity contribution is 7.93. The van der Waals surface area contributed by atoms with Gasteiger partial charge in [-0.05, 0) is 19.1 Å². The lowest BCUT2D eigenvalue weighted by Crippen LogP contribution is -2.15. The molecule has 3 aromatic heterocycles. The van der Waals surface area contributed by atoms with E-state index in [-0.39, 0.29) is 9.92 Å². The van der Waals surface area contributed by atoms with Crippen molar-refractivity contribution in [3.8, 4) is 0 Å². The Balaban J connectivity index is 1.84. The van der Waals surface area contributed by atoms with E-state index in [1.165, 1.54) is 6.20 Å². The number of rotatable bonds is 3. The predicted molar refractivity (Wildman–Crippen MR) is 98.4 cm³/mol. The van der Waals surface area contributed by atoms with E-state index in [2.05, 4.69) is 19.7 Å². The van der Waals surface area contributed by atoms with Gasteiger partial charge in [0.25, 0.3) is 10.0 Å². The number of aromatic amines is 1. The van der Waals surface area contributed by atoms with Gasteiger partial charge in [0.2, 0.25) is 0 Å². The molecule has 0 unspecified atom stereocenters. The lowest BCUT2D eigenvalue weighted by Gasteiger charge is -2.09. The van der Waals surface area contributed by atoms with Crippen LogP contribution in [0.1, 0.15) is 5.69 Å². The molecule has 0 spiro atoms. The summed E-state index contributed by atoms with van der Waals surface area (Å²) in [5.41, 5.74) is 1.56. The van der Waals surface area contributed by atoms with E-state index in [1.54, 1.807) is 31.3 Å². The Morgan fingerprint density at radius 2 is 2.08 bits per heavy atom. The van der Waals surface area contributed by atoms with Gasteiger partial charge in [-0.1, -0.05) is 29.8 Å². The van der Waals surface area contributed by atoms with Crippen molar-refractivity contribution in [3.05, 3.63) is 59.3 Å². The van der Waals surface area contributed by atoms with Crippen molar-refractivity contribution in [2.24, 2.45) is 0 Å². The van der Waals surface area contributed by atoms with E-state index in [1.807, 2.05) is 6.07 Å². The Morgan fingerprint density at radius 3 is 2.88 bits per heavy atom. The average Bonchev–Trinajstić information content (AvgIpc) is 3.05. The van der Waals surface area contributed by atoms with Gasteiger partial charge >= 0.3 is 0 Å². The number of halogens is 2. The summed E-state index contributed by atoms with van der Waals surface area (Å²) in [5.74, 6) is -1.25. The van der Waals surface area contributed by atoms with Crippen molar-refractivity contribution in [2.45, 2.75) is 11.8 Å². The number of pyridine rings is 2. The van der Waals surface area contributed by atoms with Crippen LogP contribution in [0.15, 0.2) is 47.6 Å². The number of H-pyrrole nitrogens is 1. The summed E-state index contributed by atoms with van der Waals surface area (Å²) in [4.78, 5) is 11.1. The molecule has 4 aromatic rings. The fourth-order valence-corrected chi connectivity index (χ4v) is 4.07. The van der Waals surface area contributed by atoms with Crippen LogP contribution in [-0.4, -0.2) is 23.4 Å². The maximum atomic E-state index is 14.0. The second-order valence-electron chi connectivity index (χ2n) is 5.71. The van der Waals surface area contributed by atoms with Crippen LogP contribution in [0.3, 0.4) is 0 Å². The van der Waals surface area contributed by atoms with Crippen LogP contribution < -0.4 is 4.72 Å². The minimum atomic E-state index is -4.07. The molecule has 0 atom stereocenters. The van der Waals surface area contributed by atoms with E-state index < -0.39 is 21.7 Å². The molecular formula is C17H12ClFN4O2S. The van der Waals surface area contributed by atoms with Crippen LogP contribution in [0.5, 0.6) is 0 Å². The molecule has 0 aliphatic heterocycles. The standard InChI is InChI=1S/C17H12ClFN4O2S/c1-9-12(18)7-13(19)17(22-9)23-26(24,25)14-8-21-16-11(14)5-4-10-3-2-6-20-15(10)16/h2-8,21H,1H3,(H,22,23). The van der Waals surface area contributed by atoms with Crippen LogP contribution in [0.4, 0.5) is 10.2 Å². The Morgan fingerprint density at radius 1 is 1.27 bits per heavy atom. The summed E-state index contributed by atoms with van der Waals surface area (Å²) < 4.78 is 41.8. The zero-order valence-corrected chi connectivity index (χ0v) is 15.0. The number of hydrogen-bond acceptors (Lipinski definition) is 4. The predicted octanol–water partition coefficient (Wildman–Crippen LogP) is 4.01. The number of aryl methyl sites for hydroxylation is 1. The largest absolute Gasteiger partial charge is 0.358 e. The topological polar surface area (TPSA) is 87.7 Å². The van der Waals surface area contributed by atoms with Crippen LogP contribution >= 0.6 is 11.6 Å². The molecule has 132 valence electrons. The van der Waals surface area contributed by atoms with Crippen molar-refractivity contribution >= 4 is 49.2 Å². The summed E-state index contributed by atoms with van der Waals surface area (Å²) in [5, 5.41) is 1.45. The normalized spacial score (nSPS) is 12.0. The Labute approximate surface area is 153 Å². The minimum Gasteiger partial charge on any atom is -0.358 e. The molecule has 0 fully saturated rings. The summed E-state index contributed by atoms with van der Waals surface area (Å²) in [6.45, 7) is 1.56. The molecule has 9 heteroatoms. The summed E-state index contributed by atoms with van der Waals surface area (Å²) >= 11 is 5.80. The molecule has 0 aliphatic rings. The first-order valence-corrected chi connectivity index (χ1v) is 9.43. The van der Waals surface area contributed by atoms with Crippen molar-refractivity contribution in [3.63, 3.8) is 0 Å². The molecule has 2 N–H and O–H groups in total. The highest BCUT2D eigenvalue weighted by atomic mass is 35.5. The number of benzene rings is 1. The van der Waals surface area contributed by atoms with Gasteiger partial charge in [0.05, 0.1) is 21.7 Å². The number of sulfonamides is 1. The van der Waals surface area contributed by atoms with Crippen LogP contribution in [0, 0.1) is 12.7 Å². The molecule has 0 radical (unpaired) electrons. The van der Waals surface area contributed by atoms with Crippen LogP contribution in [-0.2, 0) is 10.0 Å². The third-order valence-corrected chi connectivity index (χ3v) is 5.77. The Hall–Kier alpha value is -2.71. The van der Waals surface area contributed by atoms with Gasteiger partial charge in [0.15, 0.2) is 11.6 Å². The third-order valence-electron chi connectivity index (χ3n) is 4.01. The van der Waals surface area contributed by atoms with Gasteiger partial charge < -0.3 is 4.98 Å². The summed E-state index contributed by atoms with van der Waals surface area (Å²) in [6.07, 6.45) is 2.98. The monoisotopic (exact) mass is 390 g/mol. The highest BCUT2D eigenvalue weighted by Crippen LogP contribution is 2.30. The fraction of sp³-hybridized carbons (Fsp3) is 0.0588. The van der Waals surface area contributed by atoms with Gasteiger partial charge in [-0.25, -0.2) is 17.8 Å². The van der Waals surface area contributed by atoms with Crippen molar-refractivity contribution in [1.29, 1.82) is 0 Å². The van der Waals surface area contributed by atoms with E-state index >= 15 is 0 Å². The van der Waals surface area contributed by atoms with Gasteiger partial charge in [-0.3, -0.25) is 9.71 Å². The molecule has 26 heavy (non-hydrogen) atoms. The first-order chi connectivity index (χ1) is 12.4. The maximum absolute atomic E-state index is 14.0. The molecule has 1 aromatic carbocycles. The first kappa shape index (κ1) is 16.7. The minimum absolute atomic E-state index is 0.0196. The number of fused-ring (bicyclic) bond motifs is 3. The molecule has 4 rings (SSSR count). The van der Waals surface area contributed by atoms with Gasteiger partial charge in [-0.2, -0.15) is 0 Å². The molecule has 0 amide bonds. The molecule has 3 heterocycles. The molecular weight excluding hydrogens is 379 g/mol. The smallest absolute Gasteiger partial charge is 0.265 e. The highest BCUT2D eigenvalue weighted by Gasteiger charge is 2.22. The van der Waals surface area contributed by atoms with Gasteiger partial charge in [-0.15, -0.1) is 0 Å². The third kappa shape index (κ3) is 2.67. The lowest BCUT2D eigenvalue weighted by molar-refractivity contribution is 0.598. The van der Waals surface area contributed by atoms with E-state index in [4.69, 9.17) is 11.6 Å². The quantitative estimate of drug-likeness (QED) is 0.553. The fourth-order valence-electron chi connectivity index (χ4n) is 2.75. The Bertz CT molecular complexity index is 1270. The van der Waals surface area contributed by atoms with Crippen molar-refractivity contribution in [2.75, 3.05) is 4.72 Å². The molecule has 0 bridgehead atoms. The number of aromatic nitrogens is 3. The summed E-state index contributed by atoms with van der Waals surface area (Å²) in [7, 11) is -4.07. The van der Waals surface area contributed by atoms with Crippen molar-refractivity contribution in [1.82, 2.24) is 15.0 Å². The van der Waals surface area contributed by atoms with E-state index in [0.717, 1.165) is 11.5 Å². The van der Waals surface area contributed by atoms with Gasteiger partial charge in [0, 0.05) is 23.2 Å². The SMILES string of the molecule is Cc1nc(NS(=O)(=O)c2c[nH]c3c2ccc2cccnc23)c(F)cc1Cl. The lowest BCUT2D eigenvalue weighted by atomic mass is 10.1. The number of nitrogens with one attached hydrogen (secondary N) is 2.